The molecule has 1 aromatic heterocycles. The van der Waals surface area contributed by atoms with Crippen molar-refractivity contribution in [3.8, 4) is 11.3 Å². The molecule has 1 heterocycles. The molecule has 0 saturated carbocycles. The predicted molar refractivity (Wildman–Crippen MR) is 116 cm³/mol. The monoisotopic (exact) mass is 397 g/mol. The first-order chi connectivity index (χ1) is 13.0. The summed E-state index contributed by atoms with van der Waals surface area (Å²) in [4.78, 5) is 18.8. The molecular formula is C21H23N3OS2. The summed E-state index contributed by atoms with van der Waals surface area (Å²) >= 11 is 3.05. The Morgan fingerprint density at radius 3 is 2.48 bits per heavy atom. The highest BCUT2D eigenvalue weighted by molar-refractivity contribution is 8.01. The van der Waals surface area contributed by atoms with Crippen LogP contribution >= 0.6 is 23.1 Å². The molecule has 3 aromatic rings. The molecular weight excluding hydrogens is 374 g/mol. The maximum Gasteiger partial charge on any atom is 0.230 e. The first-order valence-corrected chi connectivity index (χ1v) is 10.6. The normalized spacial score (nSPS) is 10.6. The molecule has 3 rings (SSSR count). The highest BCUT2D eigenvalue weighted by atomic mass is 32.2. The molecule has 0 aliphatic carbocycles. The zero-order valence-corrected chi connectivity index (χ0v) is 17.4. The van der Waals surface area contributed by atoms with Gasteiger partial charge in [0.1, 0.15) is 0 Å². The molecule has 0 aliphatic heterocycles. The van der Waals surface area contributed by atoms with E-state index in [0.717, 1.165) is 26.8 Å². The number of aromatic nitrogens is 1. The standard InChI is InChI=1S/C21H23N3OS2/c1-15-4-8-17(9-5-15)19-13-26-21(23-19)27-14-20(25)22-12-16-6-10-18(11-7-16)24(2)3/h4-11,13H,12,14H2,1-3H3,(H,22,25). The molecule has 140 valence electrons. The van der Waals surface area contributed by atoms with Crippen molar-refractivity contribution in [2.45, 2.75) is 17.8 Å². The number of nitrogens with one attached hydrogen (secondary N) is 1. The molecule has 2 aromatic carbocycles. The second-order valence-corrected chi connectivity index (χ2v) is 8.57. The van der Waals surface area contributed by atoms with Crippen molar-refractivity contribution < 1.29 is 4.79 Å². The fourth-order valence-electron chi connectivity index (χ4n) is 2.47. The molecule has 0 bridgehead atoms. The van der Waals surface area contributed by atoms with Crippen LogP contribution < -0.4 is 10.2 Å². The lowest BCUT2D eigenvalue weighted by Crippen LogP contribution is -2.24. The van der Waals surface area contributed by atoms with Gasteiger partial charge in [0, 0.05) is 37.3 Å². The molecule has 0 aliphatic rings. The number of hydrogen-bond acceptors (Lipinski definition) is 5. The van der Waals surface area contributed by atoms with Crippen molar-refractivity contribution >= 4 is 34.7 Å². The van der Waals surface area contributed by atoms with E-state index in [0.29, 0.717) is 12.3 Å². The Balaban J connectivity index is 1.47. The SMILES string of the molecule is Cc1ccc(-c2csc(SCC(=O)NCc3ccc(N(C)C)cc3)n2)cc1. The third-order valence-corrected chi connectivity index (χ3v) is 6.12. The van der Waals surface area contributed by atoms with E-state index in [2.05, 4.69) is 58.5 Å². The van der Waals surface area contributed by atoms with Crippen molar-refractivity contribution in [3.05, 3.63) is 65.0 Å². The number of carbonyl (C=O) groups excluding carboxylic acids is 1. The number of carbonyl (C=O) groups is 1. The molecule has 0 spiro atoms. The third kappa shape index (κ3) is 5.58. The largest absolute Gasteiger partial charge is 0.378 e. The zero-order valence-electron chi connectivity index (χ0n) is 15.7. The van der Waals surface area contributed by atoms with Gasteiger partial charge in [0.15, 0.2) is 4.34 Å². The van der Waals surface area contributed by atoms with Crippen LogP contribution in [0.4, 0.5) is 5.69 Å². The smallest absolute Gasteiger partial charge is 0.230 e. The molecule has 27 heavy (non-hydrogen) atoms. The summed E-state index contributed by atoms with van der Waals surface area (Å²) in [6, 6.07) is 16.5. The van der Waals surface area contributed by atoms with E-state index in [1.54, 1.807) is 11.3 Å². The van der Waals surface area contributed by atoms with Gasteiger partial charge >= 0.3 is 0 Å². The van der Waals surface area contributed by atoms with Crippen LogP contribution in [0.15, 0.2) is 58.3 Å². The Kier molecular flexibility index (Phi) is 6.53. The van der Waals surface area contributed by atoms with Gasteiger partial charge in [-0.15, -0.1) is 11.3 Å². The number of amides is 1. The predicted octanol–water partition coefficient (Wildman–Crippen LogP) is 4.59. The lowest BCUT2D eigenvalue weighted by atomic mass is 10.1. The average Bonchev–Trinajstić information content (AvgIpc) is 3.14. The lowest BCUT2D eigenvalue weighted by molar-refractivity contribution is -0.118. The summed E-state index contributed by atoms with van der Waals surface area (Å²) in [5.74, 6) is 0.389. The van der Waals surface area contributed by atoms with Gasteiger partial charge in [-0.3, -0.25) is 4.79 Å². The van der Waals surface area contributed by atoms with Crippen molar-refractivity contribution in [1.29, 1.82) is 0 Å². The molecule has 0 saturated heterocycles. The van der Waals surface area contributed by atoms with Crippen LogP contribution in [0.3, 0.4) is 0 Å². The van der Waals surface area contributed by atoms with Crippen molar-refractivity contribution in [1.82, 2.24) is 10.3 Å². The van der Waals surface area contributed by atoms with Crippen molar-refractivity contribution in [2.24, 2.45) is 0 Å². The maximum atomic E-state index is 12.1. The molecule has 1 N–H and O–H groups in total. The summed E-state index contributed by atoms with van der Waals surface area (Å²) in [5.41, 5.74) is 5.54. The van der Waals surface area contributed by atoms with Gasteiger partial charge in [-0.1, -0.05) is 53.7 Å². The molecule has 0 fully saturated rings. The summed E-state index contributed by atoms with van der Waals surface area (Å²) in [5, 5.41) is 5.00. The quantitative estimate of drug-likeness (QED) is 0.592. The highest BCUT2D eigenvalue weighted by Gasteiger charge is 2.08. The van der Waals surface area contributed by atoms with Crippen LogP contribution in [0.5, 0.6) is 0 Å². The fraction of sp³-hybridized carbons (Fsp3) is 0.238. The van der Waals surface area contributed by atoms with Crippen molar-refractivity contribution in [2.75, 3.05) is 24.7 Å². The number of aryl methyl sites for hydroxylation is 1. The number of nitrogens with zero attached hydrogens (tertiary/aromatic N) is 2. The number of hydrogen-bond donors (Lipinski definition) is 1. The maximum absolute atomic E-state index is 12.1. The summed E-state index contributed by atoms with van der Waals surface area (Å²) in [6.07, 6.45) is 0. The van der Waals surface area contributed by atoms with E-state index in [1.807, 2.05) is 31.6 Å². The minimum absolute atomic E-state index is 0.0174. The Morgan fingerprint density at radius 2 is 1.81 bits per heavy atom. The van der Waals surface area contributed by atoms with E-state index >= 15 is 0 Å². The summed E-state index contributed by atoms with van der Waals surface area (Å²) in [7, 11) is 4.02. The molecule has 0 atom stereocenters. The van der Waals surface area contributed by atoms with Crippen molar-refractivity contribution in [3.63, 3.8) is 0 Å². The van der Waals surface area contributed by atoms with Gasteiger partial charge in [-0.2, -0.15) is 0 Å². The Bertz CT molecular complexity index is 887. The van der Waals surface area contributed by atoms with E-state index in [4.69, 9.17) is 0 Å². The van der Waals surface area contributed by atoms with Crippen LogP contribution in [0.1, 0.15) is 11.1 Å². The van der Waals surface area contributed by atoms with Gasteiger partial charge in [0.25, 0.3) is 0 Å². The average molecular weight is 398 g/mol. The van der Waals surface area contributed by atoms with Crippen LogP contribution in [-0.2, 0) is 11.3 Å². The first kappa shape index (κ1) is 19.5. The Hall–Kier alpha value is -2.31. The van der Waals surface area contributed by atoms with Gasteiger partial charge in [0.05, 0.1) is 11.4 Å². The molecule has 6 heteroatoms. The van der Waals surface area contributed by atoms with Gasteiger partial charge in [-0.05, 0) is 24.6 Å². The Labute approximate surface area is 168 Å². The zero-order chi connectivity index (χ0) is 19.2. The second-order valence-electron chi connectivity index (χ2n) is 6.49. The Morgan fingerprint density at radius 1 is 1.11 bits per heavy atom. The number of anilines is 1. The van der Waals surface area contributed by atoms with Crippen LogP contribution in [0.25, 0.3) is 11.3 Å². The van der Waals surface area contributed by atoms with Crippen LogP contribution in [0.2, 0.25) is 0 Å². The van der Waals surface area contributed by atoms with Gasteiger partial charge in [0.2, 0.25) is 5.91 Å². The van der Waals surface area contributed by atoms with E-state index in [9.17, 15) is 4.79 Å². The summed E-state index contributed by atoms with van der Waals surface area (Å²) < 4.78 is 0.913. The number of thiazole rings is 1. The van der Waals surface area contributed by atoms with E-state index in [-0.39, 0.29) is 5.91 Å². The summed E-state index contributed by atoms with van der Waals surface area (Å²) in [6.45, 7) is 2.61. The number of rotatable bonds is 7. The topological polar surface area (TPSA) is 45.2 Å². The molecule has 0 unspecified atom stereocenters. The second kappa shape index (κ2) is 9.06. The molecule has 4 nitrogen and oxygen atoms in total. The minimum atomic E-state index is 0.0174. The lowest BCUT2D eigenvalue weighted by Gasteiger charge is -2.12. The van der Waals surface area contributed by atoms with Gasteiger partial charge in [-0.25, -0.2) is 4.98 Å². The first-order valence-electron chi connectivity index (χ1n) is 8.69. The van der Waals surface area contributed by atoms with Crippen LogP contribution in [0, 0.1) is 6.92 Å². The molecule has 1 amide bonds. The number of thioether (sulfide) groups is 1. The third-order valence-electron chi connectivity index (χ3n) is 4.10. The minimum Gasteiger partial charge on any atom is -0.378 e. The molecule has 0 radical (unpaired) electrons. The van der Waals surface area contributed by atoms with E-state index < -0.39 is 0 Å². The van der Waals surface area contributed by atoms with Gasteiger partial charge < -0.3 is 10.2 Å². The fourth-order valence-corrected chi connectivity index (χ4v) is 4.14. The number of benzene rings is 2. The highest BCUT2D eigenvalue weighted by Crippen LogP contribution is 2.28. The van der Waals surface area contributed by atoms with E-state index in [1.165, 1.54) is 17.3 Å². The van der Waals surface area contributed by atoms with Crippen LogP contribution in [-0.4, -0.2) is 30.7 Å².